The van der Waals surface area contributed by atoms with E-state index >= 15 is 0 Å². The molecule has 2 N–H and O–H groups in total. The van der Waals surface area contributed by atoms with E-state index < -0.39 is 0 Å². The summed E-state index contributed by atoms with van der Waals surface area (Å²) in [6.45, 7) is 14.1. The van der Waals surface area contributed by atoms with Gasteiger partial charge >= 0.3 is 0 Å². The van der Waals surface area contributed by atoms with Crippen molar-refractivity contribution in [3.05, 3.63) is 0 Å². The zero-order valence-corrected chi connectivity index (χ0v) is 19.2. The molecule has 1 fully saturated rings. The Bertz CT molecular complexity index is 444. The van der Waals surface area contributed by atoms with E-state index in [1.807, 2.05) is 6.92 Å². The van der Waals surface area contributed by atoms with Gasteiger partial charge in [0, 0.05) is 51.1 Å². The molecule has 8 heteroatoms. The molecule has 0 saturated carbocycles. The highest BCUT2D eigenvalue weighted by atomic mass is 127. The normalized spacial score (nSPS) is 15.7. The quantitative estimate of drug-likeness (QED) is 0.228. The van der Waals surface area contributed by atoms with Gasteiger partial charge in [-0.1, -0.05) is 0 Å². The summed E-state index contributed by atoms with van der Waals surface area (Å²) in [4.78, 5) is 32.0. The van der Waals surface area contributed by atoms with Crippen molar-refractivity contribution in [3.63, 3.8) is 0 Å². The summed E-state index contributed by atoms with van der Waals surface area (Å²) >= 11 is 0. The largest absolute Gasteiger partial charge is 0.357 e. The van der Waals surface area contributed by atoms with Gasteiger partial charge in [-0.25, -0.2) is 0 Å². The van der Waals surface area contributed by atoms with Crippen molar-refractivity contribution in [2.75, 3.05) is 32.7 Å². The SMILES string of the molecule is CCNC(=NCCN(C(C)C)C(C)C)NCCN1C(=O)CCCC1=O.I. The fourth-order valence-corrected chi connectivity index (χ4v) is 3.07. The number of guanidine groups is 1. The molecule has 0 aromatic rings. The second-order valence-corrected chi connectivity index (χ2v) is 6.91. The van der Waals surface area contributed by atoms with Crippen molar-refractivity contribution in [1.82, 2.24) is 20.4 Å². The molecule has 0 unspecified atom stereocenters. The number of carbonyl (C=O) groups is 2. The van der Waals surface area contributed by atoms with Crippen LogP contribution in [-0.4, -0.2) is 72.4 Å². The van der Waals surface area contributed by atoms with E-state index in [9.17, 15) is 9.59 Å². The van der Waals surface area contributed by atoms with E-state index in [-0.39, 0.29) is 35.8 Å². The zero-order valence-electron chi connectivity index (χ0n) is 16.9. The van der Waals surface area contributed by atoms with Gasteiger partial charge in [0.05, 0.1) is 6.54 Å². The molecule has 1 rings (SSSR count). The summed E-state index contributed by atoms with van der Waals surface area (Å²) in [5, 5.41) is 6.42. The highest BCUT2D eigenvalue weighted by Gasteiger charge is 2.25. The van der Waals surface area contributed by atoms with E-state index in [1.54, 1.807) is 0 Å². The van der Waals surface area contributed by atoms with E-state index in [0.29, 0.717) is 51.0 Å². The van der Waals surface area contributed by atoms with E-state index in [1.165, 1.54) is 4.90 Å². The summed E-state index contributed by atoms with van der Waals surface area (Å²) in [6, 6.07) is 0.976. The number of hydrogen-bond donors (Lipinski definition) is 2. The Hall–Kier alpha value is -0.900. The molecule has 0 radical (unpaired) electrons. The molecule has 0 spiro atoms. The maximum atomic E-state index is 11.8. The van der Waals surface area contributed by atoms with Gasteiger partial charge in [-0.3, -0.25) is 24.4 Å². The fourth-order valence-electron chi connectivity index (χ4n) is 3.07. The van der Waals surface area contributed by atoms with Crippen LogP contribution in [0.5, 0.6) is 0 Å². The zero-order chi connectivity index (χ0) is 18.8. The number of rotatable bonds is 9. The van der Waals surface area contributed by atoms with Gasteiger partial charge in [0.1, 0.15) is 0 Å². The Balaban J connectivity index is 0.00000625. The number of amides is 2. The van der Waals surface area contributed by atoms with Crippen LogP contribution >= 0.6 is 24.0 Å². The molecule has 1 saturated heterocycles. The molecule has 152 valence electrons. The fraction of sp³-hybridized carbons (Fsp3) is 0.833. The molecule has 1 aliphatic rings. The second-order valence-electron chi connectivity index (χ2n) is 6.91. The van der Waals surface area contributed by atoms with Crippen LogP contribution in [0, 0.1) is 0 Å². The Morgan fingerprint density at radius 1 is 1.12 bits per heavy atom. The van der Waals surface area contributed by atoms with Crippen LogP contribution < -0.4 is 10.6 Å². The summed E-state index contributed by atoms with van der Waals surface area (Å²) in [7, 11) is 0. The first-order valence-corrected chi connectivity index (χ1v) is 9.47. The molecule has 0 aromatic heterocycles. The minimum Gasteiger partial charge on any atom is -0.357 e. The summed E-state index contributed by atoms with van der Waals surface area (Å²) in [5.74, 6) is 0.598. The molecular weight excluding hydrogens is 445 g/mol. The van der Waals surface area contributed by atoms with Gasteiger partial charge in [-0.2, -0.15) is 0 Å². The van der Waals surface area contributed by atoms with Crippen molar-refractivity contribution in [2.45, 2.75) is 66.0 Å². The molecule has 1 aliphatic heterocycles. The highest BCUT2D eigenvalue weighted by molar-refractivity contribution is 14.0. The number of carbonyl (C=O) groups excluding carboxylic acids is 2. The third kappa shape index (κ3) is 8.66. The number of imide groups is 1. The highest BCUT2D eigenvalue weighted by Crippen LogP contribution is 2.11. The van der Waals surface area contributed by atoms with Crippen LogP contribution in [0.1, 0.15) is 53.9 Å². The average molecular weight is 481 g/mol. The molecule has 1 heterocycles. The average Bonchev–Trinajstić information content (AvgIpc) is 2.53. The predicted octanol–water partition coefficient (Wildman–Crippen LogP) is 1.82. The van der Waals surface area contributed by atoms with Crippen LogP contribution in [-0.2, 0) is 9.59 Å². The van der Waals surface area contributed by atoms with Gasteiger partial charge in [0.2, 0.25) is 11.8 Å². The van der Waals surface area contributed by atoms with E-state index in [4.69, 9.17) is 0 Å². The predicted molar refractivity (Wildman–Crippen MR) is 117 cm³/mol. The molecule has 2 amide bonds. The third-order valence-electron chi connectivity index (χ3n) is 4.31. The van der Waals surface area contributed by atoms with Gasteiger partial charge in [-0.05, 0) is 41.0 Å². The topological polar surface area (TPSA) is 77.0 Å². The third-order valence-corrected chi connectivity index (χ3v) is 4.31. The lowest BCUT2D eigenvalue weighted by Gasteiger charge is -2.29. The smallest absolute Gasteiger partial charge is 0.229 e. The molecule has 0 aromatic carbocycles. The lowest BCUT2D eigenvalue weighted by atomic mass is 10.1. The molecule has 26 heavy (non-hydrogen) atoms. The number of halogens is 1. The van der Waals surface area contributed by atoms with Crippen LogP contribution in [0.3, 0.4) is 0 Å². The van der Waals surface area contributed by atoms with Gasteiger partial charge in [-0.15, -0.1) is 24.0 Å². The molecular formula is C18H36IN5O2. The minimum atomic E-state index is -0.0653. The lowest BCUT2D eigenvalue weighted by molar-refractivity contribution is -0.147. The van der Waals surface area contributed by atoms with Crippen molar-refractivity contribution in [2.24, 2.45) is 4.99 Å². The van der Waals surface area contributed by atoms with Crippen molar-refractivity contribution in [1.29, 1.82) is 0 Å². The maximum absolute atomic E-state index is 11.8. The lowest BCUT2D eigenvalue weighted by Crippen LogP contribution is -2.46. The van der Waals surface area contributed by atoms with E-state index in [2.05, 4.69) is 48.2 Å². The Morgan fingerprint density at radius 2 is 1.69 bits per heavy atom. The number of nitrogens with zero attached hydrogens (tertiary/aromatic N) is 3. The first-order valence-electron chi connectivity index (χ1n) is 9.47. The second kappa shape index (κ2) is 13.3. The molecule has 0 bridgehead atoms. The van der Waals surface area contributed by atoms with Crippen molar-refractivity contribution >= 4 is 41.8 Å². The van der Waals surface area contributed by atoms with Crippen molar-refractivity contribution < 1.29 is 9.59 Å². The number of hydrogen-bond acceptors (Lipinski definition) is 4. The number of piperidine rings is 1. The Kier molecular flexibility index (Phi) is 12.8. The summed E-state index contributed by atoms with van der Waals surface area (Å²) in [5.41, 5.74) is 0. The summed E-state index contributed by atoms with van der Waals surface area (Å²) in [6.07, 6.45) is 1.62. The standard InChI is InChI=1S/C18H35N5O2.HI/c1-6-19-18(20-10-12-22(14(2)3)15(4)5)21-11-13-23-16(24)8-7-9-17(23)25;/h14-15H,6-13H2,1-5H3,(H2,19,20,21);1H. The molecule has 7 nitrogen and oxygen atoms in total. The Labute approximate surface area is 175 Å². The van der Waals surface area contributed by atoms with Crippen molar-refractivity contribution in [3.8, 4) is 0 Å². The van der Waals surface area contributed by atoms with Gasteiger partial charge in [0.25, 0.3) is 0 Å². The van der Waals surface area contributed by atoms with Gasteiger partial charge < -0.3 is 10.6 Å². The van der Waals surface area contributed by atoms with Crippen LogP contribution in [0.25, 0.3) is 0 Å². The minimum absolute atomic E-state index is 0. The number of likely N-dealkylation sites (tertiary alicyclic amines) is 1. The monoisotopic (exact) mass is 481 g/mol. The van der Waals surface area contributed by atoms with E-state index in [0.717, 1.165) is 19.0 Å². The Morgan fingerprint density at radius 3 is 2.19 bits per heavy atom. The number of aliphatic imine (C=N–C) groups is 1. The summed E-state index contributed by atoms with van der Waals surface area (Å²) < 4.78 is 0. The van der Waals surface area contributed by atoms with Gasteiger partial charge in [0.15, 0.2) is 5.96 Å². The molecule has 0 aliphatic carbocycles. The maximum Gasteiger partial charge on any atom is 0.229 e. The van der Waals surface area contributed by atoms with Crippen LogP contribution in [0.15, 0.2) is 4.99 Å². The van der Waals surface area contributed by atoms with Crippen LogP contribution in [0.2, 0.25) is 0 Å². The first kappa shape index (κ1) is 25.1. The number of nitrogens with one attached hydrogen (secondary N) is 2. The van der Waals surface area contributed by atoms with Crippen LogP contribution in [0.4, 0.5) is 0 Å². The molecule has 0 atom stereocenters. The first-order chi connectivity index (χ1) is 11.9.